The number of nitrogens with one attached hydrogen (secondary N) is 1. The zero-order valence-electron chi connectivity index (χ0n) is 12.6. The number of hydrogen-bond donors (Lipinski definition) is 1. The number of ether oxygens (including phenoxy) is 2. The van der Waals surface area contributed by atoms with Crippen LogP contribution in [0.2, 0.25) is 0 Å². The Kier molecular flexibility index (Phi) is 3.73. The molecule has 1 unspecified atom stereocenters. The Hall–Kier alpha value is -0.910. The van der Waals surface area contributed by atoms with E-state index in [0.717, 1.165) is 58.1 Å². The molecule has 1 N–H and O–H groups in total. The Morgan fingerprint density at radius 2 is 2.10 bits per heavy atom. The molecule has 4 rings (SSSR count). The van der Waals surface area contributed by atoms with Crippen molar-refractivity contribution >= 4 is 0 Å². The van der Waals surface area contributed by atoms with Crippen molar-refractivity contribution in [2.45, 2.75) is 62.8 Å². The molecule has 1 spiro atoms. The summed E-state index contributed by atoms with van der Waals surface area (Å²) in [5, 5.41) is 8.16. The topological polar surface area (TPSA) is 48.3 Å². The predicted octanol–water partition coefficient (Wildman–Crippen LogP) is 2.04. The van der Waals surface area contributed by atoms with E-state index in [9.17, 15) is 0 Å². The van der Waals surface area contributed by atoms with Crippen LogP contribution in [-0.2, 0) is 16.0 Å². The van der Waals surface area contributed by atoms with Crippen LogP contribution in [0.1, 0.15) is 50.1 Å². The second-order valence-electron chi connectivity index (χ2n) is 6.77. The highest BCUT2D eigenvalue weighted by Crippen LogP contribution is 2.38. The first-order valence-corrected chi connectivity index (χ1v) is 8.31. The van der Waals surface area contributed by atoms with E-state index in [1.165, 1.54) is 18.4 Å². The quantitative estimate of drug-likeness (QED) is 0.922. The summed E-state index contributed by atoms with van der Waals surface area (Å²) in [6.45, 7) is 3.47. The summed E-state index contributed by atoms with van der Waals surface area (Å²) < 4.78 is 13.8. The Bertz CT molecular complexity index is 472. The van der Waals surface area contributed by atoms with Gasteiger partial charge in [0.05, 0.1) is 17.8 Å². The number of nitrogens with zero attached hydrogens (tertiary/aromatic N) is 2. The van der Waals surface area contributed by atoms with E-state index >= 15 is 0 Å². The molecule has 0 radical (unpaired) electrons. The highest BCUT2D eigenvalue weighted by Gasteiger charge is 2.39. The molecule has 2 aliphatic heterocycles. The van der Waals surface area contributed by atoms with Crippen molar-refractivity contribution in [1.82, 2.24) is 15.1 Å². The molecule has 5 nitrogen and oxygen atoms in total. The summed E-state index contributed by atoms with van der Waals surface area (Å²) in [4.78, 5) is 0. The third kappa shape index (κ3) is 3.15. The number of hydrogen-bond acceptors (Lipinski definition) is 4. The molecule has 21 heavy (non-hydrogen) atoms. The van der Waals surface area contributed by atoms with Crippen LogP contribution >= 0.6 is 0 Å². The van der Waals surface area contributed by atoms with Gasteiger partial charge >= 0.3 is 0 Å². The number of rotatable bonds is 4. The Balaban J connectivity index is 1.40. The first kappa shape index (κ1) is 13.7. The van der Waals surface area contributed by atoms with Gasteiger partial charge in [-0.25, -0.2) is 0 Å². The van der Waals surface area contributed by atoms with Crippen LogP contribution in [0.3, 0.4) is 0 Å². The molecule has 5 heteroatoms. The molecule has 3 fully saturated rings. The number of aromatic nitrogens is 2. The molecule has 1 aromatic rings. The maximum Gasteiger partial charge on any atom is 0.0746 e. The molecule has 116 valence electrons. The maximum absolute atomic E-state index is 6.12. The zero-order chi connectivity index (χ0) is 14.1. The standard InChI is InChI=1S/C16H25N3O2/c1-2-14(1)17-10-13-11-18-19(12-13)15-3-6-21-16(9-15)4-7-20-8-5-16/h11-12,14-15,17H,1-10H2. The average molecular weight is 291 g/mol. The van der Waals surface area contributed by atoms with Crippen molar-refractivity contribution in [3.05, 3.63) is 18.0 Å². The Morgan fingerprint density at radius 3 is 2.90 bits per heavy atom. The molecule has 1 atom stereocenters. The molecule has 0 amide bonds. The molecule has 2 saturated heterocycles. The lowest BCUT2D eigenvalue weighted by Gasteiger charge is -2.43. The minimum absolute atomic E-state index is 0.0412. The van der Waals surface area contributed by atoms with Gasteiger partial charge in [-0.15, -0.1) is 0 Å². The van der Waals surface area contributed by atoms with E-state index in [1.54, 1.807) is 0 Å². The first-order chi connectivity index (χ1) is 10.3. The fourth-order valence-electron chi connectivity index (χ4n) is 3.54. The van der Waals surface area contributed by atoms with Crippen LogP contribution in [0.15, 0.2) is 12.4 Å². The highest BCUT2D eigenvalue weighted by molar-refractivity contribution is 5.06. The largest absolute Gasteiger partial charge is 0.381 e. The SMILES string of the molecule is c1nn(C2CCOC3(CCOCC3)C2)cc1CNC1CC1. The van der Waals surface area contributed by atoms with Crippen molar-refractivity contribution in [2.24, 2.45) is 0 Å². The molecular formula is C16H25N3O2. The summed E-state index contributed by atoms with van der Waals surface area (Å²) >= 11 is 0. The second-order valence-corrected chi connectivity index (χ2v) is 6.77. The van der Waals surface area contributed by atoms with Gasteiger partial charge in [0.1, 0.15) is 0 Å². The fourth-order valence-corrected chi connectivity index (χ4v) is 3.54. The lowest BCUT2D eigenvalue weighted by molar-refractivity contribution is -0.145. The summed E-state index contributed by atoms with van der Waals surface area (Å²) in [5.74, 6) is 0. The van der Waals surface area contributed by atoms with Crippen LogP contribution in [0.4, 0.5) is 0 Å². The fraction of sp³-hybridized carbons (Fsp3) is 0.812. The van der Waals surface area contributed by atoms with Crippen LogP contribution in [0, 0.1) is 0 Å². The van der Waals surface area contributed by atoms with E-state index in [1.807, 2.05) is 6.20 Å². The van der Waals surface area contributed by atoms with E-state index in [-0.39, 0.29) is 5.60 Å². The third-order valence-corrected chi connectivity index (χ3v) is 5.07. The summed E-state index contributed by atoms with van der Waals surface area (Å²) in [7, 11) is 0. The summed E-state index contributed by atoms with van der Waals surface area (Å²) in [6, 6.07) is 1.23. The van der Waals surface area contributed by atoms with Crippen LogP contribution in [-0.4, -0.2) is 41.2 Å². The molecule has 0 bridgehead atoms. The van der Waals surface area contributed by atoms with E-state index in [2.05, 4.69) is 21.3 Å². The molecule has 3 heterocycles. The highest BCUT2D eigenvalue weighted by atomic mass is 16.5. The molecule has 0 aromatic carbocycles. The Morgan fingerprint density at radius 1 is 1.24 bits per heavy atom. The lowest BCUT2D eigenvalue weighted by Crippen LogP contribution is -2.44. The van der Waals surface area contributed by atoms with Gasteiger partial charge < -0.3 is 14.8 Å². The average Bonchev–Trinajstić information content (AvgIpc) is 3.22. The second kappa shape index (κ2) is 5.71. The van der Waals surface area contributed by atoms with Crippen molar-refractivity contribution in [1.29, 1.82) is 0 Å². The van der Waals surface area contributed by atoms with Gasteiger partial charge in [-0.2, -0.15) is 5.10 Å². The van der Waals surface area contributed by atoms with Crippen molar-refractivity contribution in [2.75, 3.05) is 19.8 Å². The molecular weight excluding hydrogens is 266 g/mol. The van der Waals surface area contributed by atoms with Crippen LogP contribution < -0.4 is 5.32 Å². The van der Waals surface area contributed by atoms with Gasteiger partial charge in [-0.05, 0) is 38.5 Å². The Labute approximate surface area is 126 Å². The van der Waals surface area contributed by atoms with Crippen LogP contribution in [0.25, 0.3) is 0 Å². The minimum Gasteiger partial charge on any atom is -0.381 e. The van der Waals surface area contributed by atoms with Gasteiger partial charge in [0, 0.05) is 44.2 Å². The van der Waals surface area contributed by atoms with E-state index < -0.39 is 0 Å². The first-order valence-electron chi connectivity index (χ1n) is 8.31. The molecule has 1 saturated carbocycles. The third-order valence-electron chi connectivity index (χ3n) is 5.07. The maximum atomic E-state index is 6.12. The molecule has 3 aliphatic rings. The van der Waals surface area contributed by atoms with E-state index in [0.29, 0.717) is 6.04 Å². The molecule has 1 aromatic heterocycles. The lowest BCUT2D eigenvalue weighted by atomic mass is 9.84. The van der Waals surface area contributed by atoms with E-state index in [4.69, 9.17) is 9.47 Å². The summed E-state index contributed by atoms with van der Waals surface area (Å²) in [6.07, 6.45) is 11.1. The minimum atomic E-state index is 0.0412. The van der Waals surface area contributed by atoms with Crippen LogP contribution in [0.5, 0.6) is 0 Å². The van der Waals surface area contributed by atoms with Crippen molar-refractivity contribution < 1.29 is 9.47 Å². The normalized spacial score (nSPS) is 28.9. The molecule has 1 aliphatic carbocycles. The monoisotopic (exact) mass is 291 g/mol. The van der Waals surface area contributed by atoms with Gasteiger partial charge in [-0.1, -0.05) is 0 Å². The zero-order valence-corrected chi connectivity index (χ0v) is 12.6. The van der Waals surface area contributed by atoms with Gasteiger partial charge in [0.15, 0.2) is 0 Å². The smallest absolute Gasteiger partial charge is 0.0746 e. The van der Waals surface area contributed by atoms with Crippen molar-refractivity contribution in [3.63, 3.8) is 0 Å². The van der Waals surface area contributed by atoms with Gasteiger partial charge in [0.25, 0.3) is 0 Å². The predicted molar refractivity (Wildman–Crippen MR) is 79.1 cm³/mol. The summed E-state index contributed by atoms with van der Waals surface area (Å²) in [5.41, 5.74) is 1.34. The van der Waals surface area contributed by atoms with Crippen molar-refractivity contribution in [3.8, 4) is 0 Å². The van der Waals surface area contributed by atoms with Gasteiger partial charge in [0.2, 0.25) is 0 Å². The van der Waals surface area contributed by atoms with Gasteiger partial charge in [-0.3, -0.25) is 4.68 Å².